The molecule has 1 aromatic heterocycles. The molecule has 0 aliphatic carbocycles. The first-order chi connectivity index (χ1) is 10.7. The Morgan fingerprint density at radius 2 is 2.04 bits per heavy atom. The molecule has 6 nitrogen and oxygen atoms in total. The van der Waals surface area contributed by atoms with Gasteiger partial charge in [0.05, 0.1) is 5.92 Å². The second kappa shape index (κ2) is 6.78. The van der Waals surface area contributed by atoms with Crippen LogP contribution in [0.3, 0.4) is 0 Å². The van der Waals surface area contributed by atoms with E-state index in [0.717, 1.165) is 12.8 Å². The molecule has 1 atom stereocenters. The van der Waals surface area contributed by atoms with Crippen LogP contribution in [0.1, 0.15) is 51.0 Å². The molecule has 0 spiro atoms. The maximum absolute atomic E-state index is 12.4. The topological polar surface area (TPSA) is 79.4 Å². The van der Waals surface area contributed by atoms with E-state index in [4.69, 9.17) is 0 Å². The average Bonchev–Trinajstić information content (AvgIpc) is 2.94. The van der Waals surface area contributed by atoms with Gasteiger partial charge >= 0.3 is 0 Å². The van der Waals surface area contributed by atoms with Crippen molar-refractivity contribution in [3.63, 3.8) is 0 Å². The summed E-state index contributed by atoms with van der Waals surface area (Å²) in [5.74, 6) is -0.426. The molecule has 0 saturated carbocycles. The number of aromatic nitrogens is 1. The lowest BCUT2D eigenvalue weighted by Crippen LogP contribution is -2.47. The van der Waals surface area contributed by atoms with Crippen LogP contribution in [0, 0.1) is 11.3 Å². The van der Waals surface area contributed by atoms with Gasteiger partial charge in [-0.2, -0.15) is 0 Å². The van der Waals surface area contributed by atoms with Gasteiger partial charge in [-0.25, -0.2) is 4.98 Å². The molecule has 1 aliphatic rings. The van der Waals surface area contributed by atoms with Gasteiger partial charge in [0, 0.05) is 30.8 Å². The lowest BCUT2D eigenvalue weighted by molar-refractivity contribution is -0.142. The number of likely N-dealkylation sites (tertiary alicyclic amines) is 1. The van der Waals surface area contributed by atoms with Crippen LogP contribution in [0.2, 0.25) is 0 Å². The molecule has 0 aromatic carbocycles. The van der Waals surface area contributed by atoms with Gasteiger partial charge in [0.25, 0.3) is 0 Å². The minimum atomic E-state index is -0.440. The number of amides is 2. The summed E-state index contributed by atoms with van der Waals surface area (Å²) in [5, 5.41) is 4.83. The Bertz CT molecular complexity index is 618. The zero-order chi connectivity index (χ0) is 17.2. The number of nitrogens with zero attached hydrogens (tertiary/aromatic N) is 2. The highest BCUT2D eigenvalue weighted by Crippen LogP contribution is 2.25. The number of piperidine rings is 1. The van der Waals surface area contributed by atoms with E-state index in [2.05, 4.69) is 10.3 Å². The molecule has 2 rings (SSSR count). The SMILES string of the molecule is CC(=O)c1csc(NC(=O)C2CCCN(C(=O)C(C)(C)C)C2)n1. The Balaban J connectivity index is 1.99. The molecular weight excluding hydrogens is 314 g/mol. The van der Waals surface area contributed by atoms with Crippen molar-refractivity contribution >= 4 is 34.1 Å². The normalized spacial score (nSPS) is 18.6. The molecular formula is C16H23N3O3S. The third kappa shape index (κ3) is 4.37. The summed E-state index contributed by atoms with van der Waals surface area (Å²) in [7, 11) is 0. The van der Waals surface area contributed by atoms with E-state index in [9.17, 15) is 14.4 Å². The Labute approximate surface area is 140 Å². The van der Waals surface area contributed by atoms with Gasteiger partial charge in [0.15, 0.2) is 10.9 Å². The Kier molecular flexibility index (Phi) is 5.19. The number of hydrogen-bond donors (Lipinski definition) is 1. The minimum Gasteiger partial charge on any atom is -0.341 e. The molecule has 1 fully saturated rings. The van der Waals surface area contributed by atoms with E-state index in [-0.39, 0.29) is 23.5 Å². The van der Waals surface area contributed by atoms with Crippen LogP contribution in [0.15, 0.2) is 5.38 Å². The minimum absolute atomic E-state index is 0.0723. The average molecular weight is 337 g/mol. The number of hydrogen-bond acceptors (Lipinski definition) is 5. The fourth-order valence-electron chi connectivity index (χ4n) is 2.55. The number of anilines is 1. The molecule has 0 radical (unpaired) electrons. The molecule has 23 heavy (non-hydrogen) atoms. The Hall–Kier alpha value is -1.76. The number of Topliss-reactive ketones (excluding diaryl/α,β-unsaturated/α-hetero) is 1. The maximum atomic E-state index is 12.4. The van der Waals surface area contributed by atoms with Crippen LogP contribution < -0.4 is 5.32 Å². The van der Waals surface area contributed by atoms with E-state index in [1.54, 1.807) is 10.3 Å². The first kappa shape index (κ1) is 17.6. The summed E-state index contributed by atoms with van der Waals surface area (Å²) < 4.78 is 0. The van der Waals surface area contributed by atoms with E-state index in [0.29, 0.717) is 23.9 Å². The van der Waals surface area contributed by atoms with E-state index >= 15 is 0 Å². The number of rotatable bonds is 3. The summed E-state index contributed by atoms with van der Waals surface area (Å²) in [5.41, 5.74) is -0.0807. The van der Waals surface area contributed by atoms with Crippen molar-refractivity contribution in [2.24, 2.45) is 11.3 Å². The molecule has 126 valence electrons. The third-order valence-corrected chi connectivity index (χ3v) is 4.57. The van der Waals surface area contributed by atoms with Crippen molar-refractivity contribution in [2.75, 3.05) is 18.4 Å². The molecule has 1 aliphatic heterocycles. The number of carbonyl (C=O) groups excluding carboxylic acids is 3. The van der Waals surface area contributed by atoms with Crippen molar-refractivity contribution in [2.45, 2.75) is 40.5 Å². The van der Waals surface area contributed by atoms with Gasteiger partial charge in [-0.15, -0.1) is 11.3 Å². The highest BCUT2D eigenvalue weighted by atomic mass is 32.1. The first-order valence-electron chi connectivity index (χ1n) is 7.75. The molecule has 0 bridgehead atoms. The fourth-order valence-corrected chi connectivity index (χ4v) is 3.30. The fraction of sp³-hybridized carbons (Fsp3) is 0.625. The number of ketones is 1. The van der Waals surface area contributed by atoms with Crippen LogP contribution in [-0.2, 0) is 9.59 Å². The Morgan fingerprint density at radius 3 is 2.61 bits per heavy atom. The quantitative estimate of drug-likeness (QED) is 0.860. The van der Waals surface area contributed by atoms with Crippen molar-refractivity contribution in [1.29, 1.82) is 0 Å². The summed E-state index contributed by atoms with van der Waals surface area (Å²) >= 11 is 1.24. The van der Waals surface area contributed by atoms with Crippen LogP contribution in [0.25, 0.3) is 0 Å². The van der Waals surface area contributed by atoms with Gasteiger partial charge < -0.3 is 10.2 Å². The summed E-state index contributed by atoms with van der Waals surface area (Å²) in [6.45, 7) is 8.24. The second-order valence-electron chi connectivity index (χ2n) is 6.92. The van der Waals surface area contributed by atoms with Crippen LogP contribution >= 0.6 is 11.3 Å². The Morgan fingerprint density at radius 1 is 1.35 bits per heavy atom. The van der Waals surface area contributed by atoms with Gasteiger partial charge in [0.2, 0.25) is 11.8 Å². The summed E-state index contributed by atoms with van der Waals surface area (Å²) in [6, 6.07) is 0. The van der Waals surface area contributed by atoms with E-state index < -0.39 is 5.41 Å². The predicted molar refractivity (Wildman–Crippen MR) is 89.5 cm³/mol. The standard InChI is InChI=1S/C16H23N3O3S/c1-10(20)12-9-23-15(17-12)18-13(21)11-6-5-7-19(8-11)14(22)16(2,3)4/h9,11H,5-8H2,1-4H3,(H,17,18,21). The third-order valence-electron chi connectivity index (χ3n) is 3.82. The van der Waals surface area contributed by atoms with Crippen LogP contribution in [-0.4, -0.2) is 40.6 Å². The van der Waals surface area contributed by atoms with Gasteiger partial charge in [-0.1, -0.05) is 20.8 Å². The number of nitrogens with one attached hydrogen (secondary N) is 1. The highest BCUT2D eigenvalue weighted by Gasteiger charge is 2.33. The summed E-state index contributed by atoms with van der Waals surface area (Å²) in [6.07, 6.45) is 1.57. The van der Waals surface area contributed by atoms with Crippen molar-refractivity contribution in [3.8, 4) is 0 Å². The van der Waals surface area contributed by atoms with Crippen LogP contribution in [0.4, 0.5) is 5.13 Å². The van der Waals surface area contributed by atoms with Gasteiger partial charge in [-0.05, 0) is 12.8 Å². The maximum Gasteiger partial charge on any atom is 0.231 e. The lowest BCUT2D eigenvalue weighted by Gasteiger charge is -2.35. The van der Waals surface area contributed by atoms with Crippen LogP contribution in [0.5, 0.6) is 0 Å². The molecule has 2 amide bonds. The van der Waals surface area contributed by atoms with E-state index in [1.165, 1.54) is 18.3 Å². The molecule has 1 N–H and O–H groups in total. The predicted octanol–water partition coefficient (Wildman–Crippen LogP) is 2.57. The first-order valence-corrected chi connectivity index (χ1v) is 8.63. The van der Waals surface area contributed by atoms with Gasteiger partial charge in [0.1, 0.15) is 5.69 Å². The monoisotopic (exact) mass is 337 g/mol. The molecule has 1 unspecified atom stereocenters. The second-order valence-corrected chi connectivity index (χ2v) is 7.78. The van der Waals surface area contributed by atoms with Crippen molar-refractivity contribution < 1.29 is 14.4 Å². The molecule has 2 heterocycles. The van der Waals surface area contributed by atoms with E-state index in [1.807, 2.05) is 20.8 Å². The van der Waals surface area contributed by atoms with Crippen molar-refractivity contribution in [1.82, 2.24) is 9.88 Å². The zero-order valence-electron chi connectivity index (χ0n) is 14.0. The smallest absolute Gasteiger partial charge is 0.231 e. The highest BCUT2D eigenvalue weighted by molar-refractivity contribution is 7.14. The molecule has 7 heteroatoms. The van der Waals surface area contributed by atoms with Crippen molar-refractivity contribution in [3.05, 3.63) is 11.1 Å². The molecule has 1 aromatic rings. The zero-order valence-corrected chi connectivity index (χ0v) is 14.8. The van der Waals surface area contributed by atoms with Gasteiger partial charge in [-0.3, -0.25) is 14.4 Å². The lowest BCUT2D eigenvalue weighted by atomic mass is 9.91. The number of carbonyl (C=O) groups is 3. The largest absolute Gasteiger partial charge is 0.341 e. The summed E-state index contributed by atoms with van der Waals surface area (Å²) in [4.78, 5) is 41.9. The number of thiazole rings is 1. The molecule has 1 saturated heterocycles.